The van der Waals surface area contributed by atoms with E-state index in [2.05, 4.69) is 27.3 Å². The molecule has 3 heterocycles. The third-order valence-electron chi connectivity index (χ3n) is 5.17. The summed E-state index contributed by atoms with van der Waals surface area (Å²) in [4.78, 5) is 18.4. The fraction of sp³-hybridized carbons (Fsp3) is 0.706. The normalized spacial score (nSPS) is 26.8. The highest BCUT2D eigenvalue weighted by Gasteiger charge is 2.45. The number of amides is 1. The summed E-state index contributed by atoms with van der Waals surface area (Å²) in [6.07, 6.45) is 5.18. The van der Waals surface area contributed by atoms with Crippen molar-refractivity contribution in [1.82, 2.24) is 9.80 Å². The molecule has 3 rings (SSSR count). The zero-order valence-corrected chi connectivity index (χ0v) is 14.2. The van der Waals surface area contributed by atoms with Gasteiger partial charge < -0.3 is 9.64 Å². The van der Waals surface area contributed by atoms with Gasteiger partial charge >= 0.3 is 0 Å². The van der Waals surface area contributed by atoms with Crippen LogP contribution < -0.4 is 0 Å². The Morgan fingerprint density at radius 3 is 3.00 bits per heavy atom. The van der Waals surface area contributed by atoms with E-state index in [1.165, 1.54) is 11.3 Å². The minimum atomic E-state index is 0.0970. The lowest BCUT2D eigenvalue weighted by molar-refractivity contribution is -0.132. The van der Waals surface area contributed by atoms with Crippen LogP contribution >= 0.6 is 11.3 Å². The quantitative estimate of drug-likeness (QED) is 0.836. The van der Waals surface area contributed by atoms with Crippen molar-refractivity contribution in [2.75, 3.05) is 33.4 Å². The number of carbonyl (C=O) groups excluding carboxylic acids is 1. The van der Waals surface area contributed by atoms with Crippen molar-refractivity contribution in [3.05, 3.63) is 22.4 Å². The predicted molar refractivity (Wildman–Crippen MR) is 89.0 cm³/mol. The summed E-state index contributed by atoms with van der Waals surface area (Å²) in [5.41, 5.74) is 0.0970. The fourth-order valence-corrected chi connectivity index (χ4v) is 4.70. The van der Waals surface area contributed by atoms with Crippen molar-refractivity contribution < 1.29 is 9.53 Å². The second kappa shape index (κ2) is 7.11. The van der Waals surface area contributed by atoms with Crippen molar-refractivity contribution in [1.29, 1.82) is 0 Å². The van der Waals surface area contributed by atoms with Gasteiger partial charge in [0.2, 0.25) is 5.91 Å². The highest BCUT2D eigenvalue weighted by atomic mass is 32.1. The molecule has 0 N–H and O–H groups in total. The maximum Gasteiger partial charge on any atom is 0.223 e. The van der Waals surface area contributed by atoms with Crippen LogP contribution in [-0.4, -0.2) is 54.6 Å². The molecule has 5 heteroatoms. The van der Waals surface area contributed by atoms with Crippen LogP contribution in [0, 0.1) is 0 Å². The molecule has 2 fully saturated rings. The van der Waals surface area contributed by atoms with Crippen molar-refractivity contribution in [3.8, 4) is 0 Å². The summed E-state index contributed by atoms with van der Waals surface area (Å²) in [6.45, 7) is 4.69. The number of methoxy groups -OCH3 is 1. The summed E-state index contributed by atoms with van der Waals surface area (Å²) in [5.74, 6) is 0.323. The lowest BCUT2D eigenvalue weighted by atomic mass is 9.88. The van der Waals surface area contributed by atoms with E-state index in [1.54, 1.807) is 7.11 Å². The zero-order chi connectivity index (χ0) is 15.4. The van der Waals surface area contributed by atoms with E-state index in [0.717, 1.165) is 45.4 Å². The van der Waals surface area contributed by atoms with Gasteiger partial charge in [0.25, 0.3) is 0 Å². The summed E-state index contributed by atoms with van der Waals surface area (Å²) in [5, 5.41) is 2.15. The van der Waals surface area contributed by atoms with Gasteiger partial charge in [-0.15, -0.1) is 11.3 Å². The monoisotopic (exact) mass is 322 g/mol. The standard InChI is InChI=1S/C17H26N2O2S/c1-21-12-11-19-16(20)5-7-17(19)6-3-9-18(10-8-17)14-15-4-2-13-22-15/h2,4,13H,3,5-12,14H2,1H3/t17-/m1/s1. The second-order valence-electron chi connectivity index (χ2n) is 6.47. The lowest BCUT2D eigenvalue weighted by Crippen LogP contribution is -2.47. The van der Waals surface area contributed by atoms with Crippen LogP contribution in [0.5, 0.6) is 0 Å². The Bertz CT molecular complexity index is 491. The van der Waals surface area contributed by atoms with E-state index in [-0.39, 0.29) is 5.54 Å². The van der Waals surface area contributed by atoms with Crippen LogP contribution in [0.1, 0.15) is 37.0 Å². The van der Waals surface area contributed by atoms with E-state index >= 15 is 0 Å². The van der Waals surface area contributed by atoms with Gasteiger partial charge in [-0.25, -0.2) is 0 Å². The van der Waals surface area contributed by atoms with Crippen LogP contribution in [0.4, 0.5) is 0 Å². The van der Waals surface area contributed by atoms with Gasteiger partial charge in [0.05, 0.1) is 6.61 Å². The Morgan fingerprint density at radius 2 is 2.23 bits per heavy atom. The van der Waals surface area contributed by atoms with Crippen molar-refractivity contribution >= 4 is 17.2 Å². The minimum Gasteiger partial charge on any atom is -0.383 e. The Balaban J connectivity index is 1.64. The average molecular weight is 322 g/mol. The van der Waals surface area contributed by atoms with E-state index < -0.39 is 0 Å². The molecule has 0 aromatic carbocycles. The highest BCUT2D eigenvalue weighted by Crippen LogP contribution is 2.39. The second-order valence-corrected chi connectivity index (χ2v) is 7.50. The molecule has 0 aliphatic carbocycles. The average Bonchev–Trinajstić information content (AvgIpc) is 3.06. The molecule has 22 heavy (non-hydrogen) atoms. The third kappa shape index (κ3) is 3.36. The molecular formula is C17H26N2O2S. The molecule has 122 valence electrons. The first kappa shape index (κ1) is 16.0. The minimum absolute atomic E-state index is 0.0970. The van der Waals surface area contributed by atoms with Crippen LogP contribution in [0.3, 0.4) is 0 Å². The Kier molecular flexibility index (Phi) is 5.16. The maximum atomic E-state index is 12.3. The Morgan fingerprint density at radius 1 is 1.32 bits per heavy atom. The van der Waals surface area contributed by atoms with Crippen molar-refractivity contribution in [2.45, 2.75) is 44.2 Å². The van der Waals surface area contributed by atoms with Gasteiger partial charge in [-0.3, -0.25) is 9.69 Å². The van der Waals surface area contributed by atoms with Crippen molar-refractivity contribution in [3.63, 3.8) is 0 Å². The van der Waals surface area contributed by atoms with Gasteiger partial charge in [0.1, 0.15) is 0 Å². The van der Waals surface area contributed by atoms with Crippen LogP contribution in [0.15, 0.2) is 17.5 Å². The van der Waals surface area contributed by atoms with Crippen LogP contribution in [0.25, 0.3) is 0 Å². The van der Waals surface area contributed by atoms with E-state index in [0.29, 0.717) is 18.9 Å². The number of nitrogens with zero attached hydrogens (tertiary/aromatic N) is 2. The van der Waals surface area contributed by atoms with Gasteiger partial charge in [-0.05, 0) is 43.7 Å². The number of hydrogen-bond acceptors (Lipinski definition) is 4. The maximum absolute atomic E-state index is 12.3. The van der Waals surface area contributed by atoms with Crippen LogP contribution in [-0.2, 0) is 16.1 Å². The van der Waals surface area contributed by atoms with Gasteiger partial charge in [-0.1, -0.05) is 6.07 Å². The molecule has 0 radical (unpaired) electrons. The molecule has 1 amide bonds. The molecule has 0 saturated carbocycles. The number of ether oxygens (including phenoxy) is 1. The summed E-state index contributed by atoms with van der Waals surface area (Å²) < 4.78 is 5.21. The summed E-state index contributed by atoms with van der Waals surface area (Å²) >= 11 is 1.84. The Hall–Kier alpha value is -0.910. The van der Waals surface area contributed by atoms with Gasteiger partial charge in [0.15, 0.2) is 0 Å². The highest BCUT2D eigenvalue weighted by molar-refractivity contribution is 7.09. The van der Waals surface area contributed by atoms with E-state index in [4.69, 9.17) is 4.74 Å². The molecule has 2 saturated heterocycles. The first-order valence-corrected chi connectivity index (χ1v) is 9.16. The van der Waals surface area contributed by atoms with Gasteiger partial charge in [-0.2, -0.15) is 0 Å². The van der Waals surface area contributed by atoms with Crippen molar-refractivity contribution in [2.24, 2.45) is 0 Å². The number of thiophene rings is 1. The summed E-state index contributed by atoms with van der Waals surface area (Å²) in [7, 11) is 1.71. The topological polar surface area (TPSA) is 32.8 Å². The van der Waals surface area contributed by atoms with E-state index in [9.17, 15) is 4.79 Å². The van der Waals surface area contributed by atoms with Crippen LogP contribution in [0.2, 0.25) is 0 Å². The van der Waals surface area contributed by atoms with Gasteiger partial charge in [0, 0.05) is 43.6 Å². The van der Waals surface area contributed by atoms with E-state index in [1.807, 2.05) is 11.3 Å². The molecular weight excluding hydrogens is 296 g/mol. The first-order chi connectivity index (χ1) is 10.7. The Labute approximate surface area is 137 Å². The predicted octanol–water partition coefficient (Wildman–Crippen LogP) is 2.74. The molecule has 1 aromatic heterocycles. The molecule has 2 aliphatic heterocycles. The number of likely N-dealkylation sites (tertiary alicyclic amines) is 2. The molecule has 2 aliphatic rings. The molecule has 1 atom stereocenters. The number of carbonyl (C=O) groups is 1. The summed E-state index contributed by atoms with van der Waals surface area (Å²) in [6, 6.07) is 4.34. The molecule has 1 aromatic rings. The smallest absolute Gasteiger partial charge is 0.223 e. The lowest BCUT2D eigenvalue weighted by Gasteiger charge is -2.38. The third-order valence-corrected chi connectivity index (χ3v) is 6.03. The largest absolute Gasteiger partial charge is 0.383 e. The SMILES string of the molecule is COCCN1C(=O)CC[C@@]12CCCN(Cc1cccs1)CC2. The molecule has 4 nitrogen and oxygen atoms in total. The first-order valence-electron chi connectivity index (χ1n) is 8.28. The molecule has 1 spiro atoms. The molecule has 0 unspecified atom stereocenters. The number of hydrogen-bond donors (Lipinski definition) is 0. The fourth-order valence-electron chi connectivity index (χ4n) is 3.95. The molecule has 0 bridgehead atoms. The zero-order valence-electron chi connectivity index (χ0n) is 13.4. The number of rotatable bonds is 5.